The van der Waals surface area contributed by atoms with Gasteiger partial charge in [0.25, 0.3) is 0 Å². The van der Waals surface area contributed by atoms with Crippen LogP contribution in [0.3, 0.4) is 0 Å². The number of hydrogen-bond acceptors (Lipinski definition) is 7. The van der Waals surface area contributed by atoms with Crippen molar-refractivity contribution in [2.75, 3.05) is 18.4 Å². The summed E-state index contributed by atoms with van der Waals surface area (Å²) in [5.74, 6) is 0.905. The van der Waals surface area contributed by atoms with Crippen LogP contribution in [0.5, 0.6) is 0 Å². The van der Waals surface area contributed by atoms with Gasteiger partial charge in [-0.05, 0) is 86.6 Å². The van der Waals surface area contributed by atoms with Crippen LogP contribution >= 0.6 is 11.3 Å². The highest BCUT2D eigenvalue weighted by Gasteiger charge is 2.68. The maximum Gasteiger partial charge on any atom is 0.393 e. The number of alkyl halides is 3. The molecule has 3 aromatic heterocycles. The number of likely N-dealkylation sites (tertiary alicyclic amines) is 1. The third kappa shape index (κ3) is 5.83. The Hall–Kier alpha value is -3.69. The number of thiophene rings is 1. The van der Waals surface area contributed by atoms with Crippen LogP contribution in [0.25, 0.3) is 21.1 Å². The molecule has 0 spiro atoms. The number of fused-ring (bicyclic) bond motifs is 2. The maximum absolute atomic E-state index is 13.2. The third-order valence-electron chi connectivity index (χ3n) is 10.9. The van der Waals surface area contributed by atoms with Gasteiger partial charge < -0.3 is 15.2 Å². The Kier molecular flexibility index (Phi) is 6.72. The highest BCUT2D eigenvalue weighted by atomic mass is 32.1. The number of nitriles is 1. The highest BCUT2D eigenvalue weighted by molar-refractivity contribution is 7.18. The zero-order chi connectivity index (χ0) is 35.9. The molecule has 0 atom stereocenters. The van der Waals surface area contributed by atoms with E-state index >= 15 is 0 Å². The van der Waals surface area contributed by atoms with Gasteiger partial charge in [0.15, 0.2) is 0 Å². The summed E-state index contributed by atoms with van der Waals surface area (Å²) in [6, 6.07) is 10.2. The molecular weight excluding hydrogens is 636 g/mol. The summed E-state index contributed by atoms with van der Waals surface area (Å²) in [5.41, 5.74) is 4.20. The predicted molar refractivity (Wildman–Crippen MR) is 180 cm³/mol. The van der Waals surface area contributed by atoms with Crippen molar-refractivity contribution in [3.05, 3.63) is 51.8 Å². The number of amides is 1. The molecule has 2 N–H and O–H groups in total. The van der Waals surface area contributed by atoms with Crippen LogP contribution in [0.4, 0.5) is 19.0 Å². The van der Waals surface area contributed by atoms with Gasteiger partial charge in [-0.15, -0.1) is 11.3 Å². The lowest BCUT2D eigenvalue weighted by molar-refractivity contribution is -0.172. The van der Waals surface area contributed by atoms with E-state index in [2.05, 4.69) is 55.2 Å². The number of nitrogens with zero attached hydrogens (tertiary/aromatic N) is 5. The summed E-state index contributed by atoms with van der Waals surface area (Å²) < 4.78 is 64.6. The van der Waals surface area contributed by atoms with Gasteiger partial charge in [-0.3, -0.25) is 9.69 Å². The molecule has 8 nitrogen and oxygen atoms in total. The quantitative estimate of drug-likeness (QED) is 0.187. The summed E-state index contributed by atoms with van der Waals surface area (Å²) in [6.45, 7) is 2.93. The fraction of sp³-hybridized carbons (Fsp3) is 0.556. The second-order valence-corrected chi connectivity index (χ2v) is 15.8. The van der Waals surface area contributed by atoms with E-state index < -0.39 is 19.4 Å². The number of nitrogens with one attached hydrogen (secondary N) is 2. The van der Waals surface area contributed by atoms with Crippen molar-refractivity contribution < 1.29 is 22.1 Å². The number of benzene rings is 1. The number of aromatic nitrogens is 3. The lowest BCUT2D eigenvalue weighted by Gasteiger charge is -2.71. The number of carbonyl (C=O) groups is 1. The molecule has 4 aliphatic carbocycles. The maximum atomic E-state index is 13.2. The molecule has 0 unspecified atom stereocenters. The zero-order valence-electron chi connectivity index (χ0n) is 29.8. The van der Waals surface area contributed by atoms with E-state index in [1.165, 1.54) is 11.6 Å². The molecule has 252 valence electrons. The minimum Gasteiger partial charge on any atom is -0.367 e. The Morgan fingerprint density at radius 1 is 1.15 bits per heavy atom. The molecular formula is C36H40F3N7OS. The van der Waals surface area contributed by atoms with Crippen molar-refractivity contribution in [2.24, 2.45) is 11.3 Å². The standard InChI is InChI=1S/C36H40F3N7OS/c1-3-30-42-31(28-13-26(14-36(37,38)39)48-33(28)43-30)41-24-8-10-45(11-9-24)16-23-6-7-29-27(21(23)2)12-25(15-40)46(29)20-34-17-35(18-34,19-34)44-32(47)22-4-5-22/h6-7,12-13,22,24H,3-5,8-11,14,16-20H2,1-2H3,(H,44,47)(H,41,42,43)/i1D3. The van der Waals surface area contributed by atoms with E-state index in [4.69, 9.17) is 4.11 Å². The summed E-state index contributed by atoms with van der Waals surface area (Å²) in [6.07, 6.45) is 0.688. The van der Waals surface area contributed by atoms with Crippen LogP contribution in [-0.4, -0.2) is 56.2 Å². The van der Waals surface area contributed by atoms with Crippen molar-refractivity contribution in [3.8, 4) is 6.07 Å². The van der Waals surface area contributed by atoms with Crippen molar-refractivity contribution >= 4 is 44.2 Å². The predicted octanol–water partition coefficient (Wildman–Crippen LogP) is 7.02. The molecule has 1 amide bonds. The molecule has 1 saturated heterocycles. The number of halogens is 3. The summed E-state index contributed by atoms with van der Waals surface area (Å²) in [4.78, 5) is 24.0. The minimum atomic E-state index is -4.36. The first kappa shape index (κ1) is 28.2. The van der Waals surface area contributed by atoms with Gasteiger partial charge in [-0.2, -0.15) is 18.4 Å². The van der Waals surface area contributed by atoms with Crippen LogP contribution in [0.2, 0.25) is 0 Å². The molecule has 48 heavy (non-hydrogen) atoms. The van der Waals surface area contributed by atoms with Gasteiger partial charge in [-0.1, -0.05) is 12.9 Å². The van der Waals surface area contributed by atoms with E-state index in [1.54, 1.807) is 0 Å². The number of hydrogen-bond donors (Lipinski definition) is 2. The van der Waals surface area contributed by atoms with E-state index in [0.717, 1.165) is 98.9 Å². The fourth-order valence-corrected chi connectivity index (χ4v) is 9.53. The summed E-state index contributed by atoms with van der Waals surface area (Å²) in [5, 5.41) is 18.4. The molecule has 1 aromatic carbocycles. The Labute approximate surface area is 285 Å². The second kappa shape index (κ2) is 11.4. The summed E-state index contributed by atoms with van der Waals surface area (Å²) in [7, 11) is 0. The van der Waals surface area contributed by atoms with Gasteiger partial charge in [0.05, 0.1) is 11.8 Å². The Morgan fingerprint density at radius 2 is 1.92 bits per heavy atom. The first-order valence-electron chi connectivity index (χ1n) is 18.3. The summed E-state index contributed by atoms with van der Waals surface area (Å²) >= 11 is 0.925. The van der Waals surface area contributed by atoms with Crippen LogP contribution in [0.15, 0.2) is 24.3 Å². The molecule has 5 fully saturated rings. The number of carbonyl (C=O) groups excluding carboxylic acids is 1. The molecule has 4 saturated carbocycles. The molecule has 12 heteroatoms. The number of piperidine rings is 1. The molecule has 5 aliphatic rings. The first-order valence-corrected chi connectivity index (χ1v) is 17.6. The van der Waals surface area contributed by atoms with Crippen molar-refractivity contribution in [1.29, 1.82) is 5.26 Å². The number of rotatable bonds is 10. The zero-order valence-corrected chi connectivity index (χ0v) is 27.7. The second-order valence-electron chi connectivity index (χ2n) is 14.7. The third-order valence-corrected chi connectivity index (χ3v) is 11.9. The fourth-order valence-electron chi connectivity index (χ4n) is 8.46. The Balaban J connectivity index is 0.923. The normalized spacial score (nSPS) is 25.5. The lowest BCUT2D eigenvalue weighted by Crippen LogP contribution is -2.75. The first-order chi connectivity index (χ1) is 24.1. The smallest absolute Gasteiger partial charge is 0.367 e. The van der Waals surface area contributed by atoms with Gasteiger partial charge in [0, 0.05) is 70.0 Å². The van der Waals surface area contributed by atoms with Crippen LogP contribution in [0, 0.1) is 29.6 Å². The molecule has 4 heterocycles. The van der Waals surface area contributed by atoms with Crippen molar-refractivity contribution in [3.63, 3.8) is 0 Å². The van der Waals surface area contributed by atoms with E-state index in [1.807, 2.05) is 6.07 Å². The van der Waals surface area contributed by atoms with Gasteiger partial charge >= 0.3 is 6.18 Å². The van der Waals surface area contributed by atoms with Gasteiger partial charge in [-0.25, -0.2) is 9.97 Å². The average molecular weight is 679 g/mol. The Bertz CT molecular complexity index is 2050. The molecule has 2 bridgehead atoms. The number of anilines is 1. The largest absolute Gasteiger partial charge is 0.393 e. The van der Waals surface area contributed by atoms with Crippen LogP contribution in [0.1, 0.15) is 83.4 Å². The molecule has 0 radical (unpaired) electrons. The van der Waals surface area contributed by atoms with Crippen molar-refractivity contribution in [2.45, 2.75) is 102 Å². The van der Waals surface area contributed by atoms with Gasteiger partial charge in [0.1, 0.15) is 28.2 Å². The monoisotopic (exact) mass is 678 g/mol. The van der Waals surface area contributed by atoms with E-state index in [9.17, 15) is 23.2 Å². The van der Waals surface area contributed by atoms with Crippen LogP contribution < -0.4 is 10.6 Å². The van der Waals surface area contributed by atoms with Gasteiger partial charge in [0.2, 0.25) is 5.91 Å². The SMILES string of the molecule is [2H]C([2H])([2H])Cc1nc(NC2CCN(Cc3ccc4c(cc(C#N)n4CC45CC(NC(=O)C6CC6)(C4)C5)c3C)CC2)c2cc(CC(F)(F)F)sc2n1. The highest BCUT2D eigenvalue weighted by Crippen LogP contribution is 2.68. The topological polar surface area (TPSA) is 98.9 Å². The number of aryl methyl sites for hydroxylation is 2. The Morgan fingerprint density at radius 3 is 2.60 bits per heavy atom. The molecule has 9 rings (SSSR count). The minimum absolute atomic E-state index is 0.0138. The van der Waals surface area contributed by atoms with E-state index in [0.29, 0.717) is 21.7 Å². The molecule has 4 aromatic rings. The van der Waals surface area contributed by atoms with E-state index in [-0.39, 0.29) is 45.9 Å². The van der Waals surface area contributed by atoms with Crippen LogP contribution in [-0.2, 0) is 30.7 Å². The van der Waals surface area contributed by atoms with Crippen molar-refractivity contribution in [1.82, 2.24) is 24.8 Å². The lowest BCUT2D eigenvalue weighted by atomic mass is 9.39. The average Bonchev–Trinajstić information content (AvgIpc) is 3.70. The molecule has 1 aliphatic heterocycles.